The Bertz CT molecular complexity index is 506. The summed E-state index contributed by atoms with van der Waals surface area (Å²) in [5.74, 6) is -0.00134. The summed E-state index contributed by atoms with van der Waals surface area (Å²) in [7, 11) is 0. The van der Waals surface area contributed by atoms with Crippen LogP contribution in [0, 0.1) is 0 Å². The first-order chi connectivity index (χ1) is 10.2. The van der Waals surface area contributed by atoms with E-state index in [9.17, 15) is 4.79 Å². The predicted molar refractivity (Wildman–Crippen MR) is 78.3 cm³/mol. The third-order valence-corrected chi connectivity index (χ3v) is 4.27. The Morgan fingerprint density at radius 3 is 3.14 bits per heavy atom. The third kappa shape index (κ3) is 3.09. The van der Waals surface area contributed by atoms with Gasteiger partial charge in [-0.1, -0.05) is 6.92 Å². The zero-order valence-electron chi connectivity index (χ0n) is 12.5. The molecule has 0 aliphatic carbocycles. The maximum absolute atomic E-state index is 12.7. The summed E-state index contributed by atoms with van der Waals surface area (Å²) >= 11 is 0. The molecule has 2 aliphatic heterocycles. The molecule has 3 heterocycles. The van der Waals surface area contributed by atoms with E-state index >= 15 is 0 Å². The van der Waals surface area contributed by atoms with Crippen LogP contribution in [0.2, 0.25) is 0 Å². The molecule has 0 saturated carbocycles. The molecule has 0 radical (unpaired) electrons. The van der Waals surface area contributed by atoms with Crippen molar-refractivity contribution in [1.29, 1.82) is 0 Å². The normalized spacial score (nSPS) is 26.0. The lowest BCUT2D eigenvalue weighted by Gasteiger charge is -2.44. The molecule has 1 spiro atoms. The SMILES string of the molecule is CCc1ccnc(C(=O)N2CCOC3(CCCOC3)C2)c1. The smallest absolute Gasteiger partial charge is 0.272 e. The summed E-state index contributed by atoms with van der Waals surface area (Å²) < 4.78 is 11.5. The molecule has 1 atom stereocenters. The lowest BCUT2D eigenvalue weighted by molar-refractivity contribution is -0.160. The van der Waals surface area contributed by atoms with Crippen LogP contribution in [-0.2, 0) is 15.9 Å². The number of rotatable bonds is 2. The van der Waals surface area contributed by atoms with Gasteiger partial charge < -0.3 is 14.4 Å². The molecular formula is C16H22N2O3. The molecule has 0 bridgehead atoms. The average Bonchev–Trinajstić information content (AvgIpc) is 2.55. The Balaban J connectivity index is 1.74. The second-order valence-corrected chi connectivity index (χ2v) is 5.82. The summed E-state index contributed by atoms with van der Waals surface area (Å²) in [4.78, 5) is 18.8. The highest BCUT2D eigenvalue weighted by atomic mass is 16.5. The molecule has 0 aromatic carbocycles. The minimum atomic E-state index is -0.311. The summed E-state index contributed by atoms with van der Waals surface area (Å²) in [5.41, 5.74) is 1.36. The summed E-state index contributed by atoms with van der Waals surface area (Å²) in [6.07, 6.45) is 4.57. The van der Waals surface area contributed by atoms with Crippen molar-refractivity contribution in [3.05, 3.63) is 29.6 Å². The van der Waals surface area contributed by atoms with Gasteiger partial charge in [0, 0.05) is 19.3 Å². The zero-order valence-corrected chi connectivity index (χ0v) is 12.5. The van der Waals surface area contributed by atoms with Gasteiger partial charge >= 0.3 is 0 Å². The van der Waals surface area contributed by atoms with Crippen LogP contribution in [0.5, 0.6) is 0 Å². The lowest BCUT2D eigenvalue weighted by atomic mass is 9.94. The molecule has 2 fully saturated rings. The Kier molecular flexibility index (Phi) is 4.22. The van der Waals surface area contributed by atoms with Gasteiger partial charge in [0.25, 0.3) is 5.91 Å². The molecule has 1 amide bonds. The highest BCUT2D eigenvalue weighted by Gasteiger charge is 2.40. The van der Waals surface area contributed by atoms with Crippen LogP contribution in [0.1, 0.15) is 35.8 Å². The first-order valence-corrected chi connectivity index (χ1v) is 7.68. The maximum atomic E-state index is 12.7. The van der Waals surface area contributed by atoms with Gasteiger partial charge in [-0.05, 0) is 37.0 Å². The number of aryl methyl sites for hydroxylation is 1. The molecule has 5 heteroatoms. The molecule has 2 aliphatic rings. The summed E-state index contributed by atoms with van der Waals surface area (Å²) in [6.45, 7) is 5.25. The molecule has 0 N–H and O–H groups in total. The van der Waals surface area contributed by atoms with E-state index in [0.29, 0.717) is 32.0 Å². The number of carbonyl (C=O) groups excluding carboxylic acids is 1. The first-order valence-electron chi connectivity index (χ1n) is 7.68. The molecule has 1 aromatic rings. The van der Waals surface area contributed by atoms with Crippen LogP contribution in [-0.4, -0.2) is 54.3 Å². The van der Waals surface area contributed by atoms with Crippen molar-refractivity contribution < 1.29 is 14.3 Å². The third-order valence-electron chi connectivity index (χ3n) is 4.27. The zero-order chi connectivity index (χ0) is 14.7. The minimum absolute atomic E-state index is 0.00134. The lowest BCUT2D eigenvalue weighted by Crippen LogP contribution is -2.57. The number of pyridine rings is 1. The van der Waals surface area contributed by atoms with Crippen molar-refractivity contribution in [3.63, 3.8) is 0 Å². The van der Waals surface area contributed by atoms with Gasteiger partial charge in [-0.25, -0.2) is 0 Å². The van der Waals surface area contributed by atoms with Crippen LogP contribution in [0.15, 0.2) is 18.3 Å². The molecule has 2 saturated heterocycles. The van der Waals surface area contributed by atoms with E-state index in [1.165, 1.54) is 0 Å². The molecular weight excluding hydrogens is 268 g/mol. The summed E-state index contributed by atoms with van der Waals surface area (Å²) in [6, 6.07) is 3.84. The Labute approximate surface area is 125 Å². The number of amides is 1. The fourth-order valence-corrected chi connectivity index (χ4v) is 3.06. The van der Waals surface area contributed by atoms with Crippen molar-refractivity contribution in [1.82, 2.24) is 9.88 Å². The molecule has 1 aromatic heterocycles. The van der Waals surface area contributed by atoms with Crippen LogP contribution in [0.4, 0.5) is 0 Å². The van der Waals surface area contributed by atoms with Crippen LogP contribution in [0.3, 0.4) is 0 Å². The van der Waals surface area contributed by atoms with Crippen LogP contribution in [0.25, 0.3) is 0 Å². The van der Waals surface area contributed by atoms with Gasteiger partial charge in [-0.3, -0.25) is 9.78 Å². The predicted octanol–water partition coefficient (Wildman–Crippen LogP) is 1.67. The van der Waals surface area contributed by atoms with Gasteiger partial charge in [-0.2, -0.15) is 0 Å². The van der Waals surface area contributed by atoms with E-state index in [1.54, 1.807) is 6.20 Å². The van der Waals surface area contributed by atoms with E-state index in [4.69, 9.17) is 9.47 Å². The Morgan fingerprint density at radius 1 is 1.48 bits per heavy atom. The number of aromatic nitrogens is 1. The minimum Gasteiger partial charge on any atom is -0.378 e. The number of morpholine rings is 1. The first kappa shape index (κ1) is 14.5. The van der Waals surface area contributed by atoms with Gasteiger partial charge in [0.15, 0.2) is 0 Å². The molecule has 5 nitrogen and oxygen atoms in total. The fraction of sp³-hybridized carbons (Fsp3) is 0.625. The largest absolute Gasteiger partial charge is 0.378 e. The van der Waals surface area contributed by atoms with Crippen LogP contribution < -0.4 is 0 Å². The van der Waals surface area contributed by atoms with Crippen molar-refractivity contribution >= 4 is 5.91 Å². The van der Waals surface area contributed by atoms with E-state index in [2.05, 4.69) is 11.9 Å². The Hall–Kier alpha value is -1.46. The number of carbonyl (C=O) groups is 1. The van der Waals surface area contributed by atoms with E-state index in [0.717, 1.165) is 31.4 Å². The second kappa shape index (κ2) is 6.12. The number of hydrogen-bond acceptors (Lipinski definition) is 4. The highest BCUT2D eigenvalue weighted by molar-refractivity contribution is 5.92. The second-order valence-electron chi connectivity index (χ2n) is 5.82. The monoisotopic (exact) mass is 290 g/mol. The maximum Gasteiger partial charge on any atom is 0.272 e. The van der Waals surface area contributed by atoms with Gasteiger partial charge in [-0.15, -0.1) is 0 Å². The topological polar surface area (TPSA) is 51.7 Å². The Morgan fingerprint density at radius 2 is 2.38 bits per heavy atom. The quantitative estimate of drug-likeness (QED) is 0.831. The van der Waals surface area contributed by atoms with Crippen molar-refractivity contribution in [3.8, 4) is 0 Å². The van der Waals surface area contributed by atoms with Gasteiger partial charge in [0.1, 0.15) is 11.3 Å². The van der Waals surface area contributed by atoms with Crippen LogP contribution >= 0.6 is 0 Å². The average molecular weight is 290 g/mol. The number of hydrogen-bond donors (Lipinski definition) is 0. The molecule has 114 valence electrons. The van der Waals surface area contributed by atoms with Gasteiger partial charge in [0.05, 0.1) is 19.8 Å². The van der Waals surface area contributed by atoms with Gasteiger partial charge in [0.2, 0.25) is 0 Å². The molecule has 21 heavy (non-hydrogen) atoms. The van der Waals surface area contributed by atoms with Crippen molar-refractivity contribution in [2.75, 3.05) is 32.9 Å². The van der Waals surface area contributed by atoms with E-state index in [-0.39, 0.29) is 11.5 Å². The number of ether oxygens (including phenoxy) is 2. The molecule has 1 unspecified atom stereocenters. The van der Waals surface area contributed by atoms with Crippen molar-refractivity contribution in [2.24, 2.45) is 0 Å². The fourth-order valence-electron chi connectivity index (χ4n) is 3.06. The van der Waals surface area contributed by atoms with E-state index < -0.39 is 0 Å². The van der Waals surface area contributed by atoms with Crippen molar-refractivity contribution in [2.45, 2.75) is 31.8 Å². The molecule has 3 rings (SSSR count). The highest BCUT2D eigenvalue weighted by Crippen LogP contribution is 2.28. The standard InChI is InChI=1S/C16H22N2O3/c1-2-13-4-6-17-14(10-13)15(19)18-7-9-21-16(11-18)5-3-8-20-12-16/h4,6,10H,2-3,5,7-9,11-12H2,1H3. The van der Waals surface area contributed by atoms with E-state index in [1.807, 2.05) is 17.0 Å². The number of nitrogens with zero attached hydrogens (tertiary/aromatic N) is 2. The summed E-state index contributed by atoms with van der Waals surface area (Å²) in [5, 5.41) is 0.